The molecule has 1 N–H and O–H groups in total. The Morgan fingerprint density at radius 1 is 1.21 bits per heavy atom. The lowest BCUT2D eigenvalue weighted by atomic mass is 10.2. The third-order valence-electron chi connectivity index (χ3n) is 1.94. The zero-order valence-electron chi connectivity index (χ0n) is 8.91. The van der Waals surface area contributed by atoms with Crippen LogP contribution in [-0.2, 0) is 0 Å². The number of nitrogens with zero attached hydrogens (tertiary/aromatic N) is 1. The molecular formula is C10H16BrNO2. The van der Waals surface area contributed by atoms with Crippen molar-refractivity contribution in [3.05, 3.63) is 18.2 Å². The van der Waals surface area contributed by atoms with E-state index in [0.717, 1.165) is 5.69 Å². The molecule has 0 aliphatic heterocycles. The van der Waals surface area contributed by atoms with Crippen LogP contribution in [-0.4, -0.2) is 33.4 Å². The molecule has 0 amide bonds. The molecule has 14 heavy (non-hydrogen) atoms. The summed E-state index contributed by atoms with van der Waals surface area (Å²) < 4.78 is 5.63. The third-order valence-corrected chi connectivity index (χ3v) is 1.94. The number of methoxy groups -OCH3 is 1. The number of benzene rings is 1. The molecule has 0 saturated heterocycles. The first kappa shape index (κ1) is 13.3. The van der Waals surface area contributed by atoms with Crippen LogP contribution in [0.5, 0.6) is 11.5 Å². The SMILES string of the molecule is COc1ccc([N+](C)(C)C)cc1O.[Br-]. The highest BCUT2D eigenvalue weighted by Gasteiger charge is 2.14. The summed E-state index contributed by atoms with van der Waals surface area (Å²) in [6, 6.07) is 5.44. The number of phenolic OH excluding ortho intramolecular Hbond substituents is 1. The summed E-state index contributed by atoms with van der Waals surface area (Å²) >= 11 is 0. The Kier molecular flexibility index (Phi) is 4.42. The first-order valence-corrected chi connectivity index (χ1v) is 4.14. The molecule has 0 aliphatic carbocycles. The molecule has 0 radical (unpaired) electrons. The van der Waals surface area contributed by atoms with E-state index in [1.807, 2.05) is 27.2 Å². The van der Waals surface area contributed by atoms with Gasteiger partial charge in [-0.2, -0.15) is 0 Å². The molecule has 4 heteroatoms. The van der Waals surface area contributed by atoms with Gasteiger partial charge in [0.2, 0.25) is 0 Å². The number of halogens is 1. The highest BCUT2D eigenvalue weighted by Crippen LogP contribution is 2.31. The Hall–Kier alpha value is -0.740. The van der Waals surface area contributed by atoms with E-state index >= 15 is 0 Å². The molecule has 0 saturated carbocycles. The number of quaternary nitrogens is 1. The van der Waals surface area contributed by atoms with Gasteiger partial charge in [0.25, 0.3) is 0 Å². The van der Waals surface area contributed by atoms with Gasteiger partial charge in [0.15, 0.2) is 11.5 Å². The lowest BCUT2D eigenvalue weighted by molar-refractivity contribution is -0.00000417. The normalized spacial score (nSPS) is 10.6. The molecule has 1 rings (SSSR count). The van der Waals surface area contributed by atoms with Crippen LogP contribution in [0.4, 0.5) is 5.69 Å². The molecule has 0 unspecified atom stereocenters. The van der Waals surface area contributed by atoms with Crippen molar-refractivity contribution in [2.24, 2.45) is 0 Å². The maximum absolute atomic E-state index is 9.52. The van der Waals surface area contributed by atoms with E-state index in [9.17, 15) is 5.11 Å². The average molecular weight is 262 g/mol. The van der Waals surface area contributed by atoms with Crippen molar-refractivity contribution in [1.29, 1.82) is 0 Å². The molecule has 1 aromatic carbocycles. The molecule has 0 heterocycles. The van der Waals surface area contributed by atoms with Crippen molar-refractivity contribution >= 4 is 5.69 Å². The second kappa shape index (κ2) is 4.66. The molecule has 0 atom stereocenters. The molecule has 0 aromatic heterocycles. The Morgan fingerprint density at radius 3 is 2.14 bits per heavy atom. The molecule has 0 aliphatic rings. The van der Waals surface area contributed by atoms with E-state index < -0.39 is 0 Å². The van der Waals surface area contributed by atoms with Crippen LogP contribution < -0.4 is 26.2 Å². The molecular weight excluding hydrogens is 246 g/mol. The predicted octanol–water partition coefficient (Wildman–Crippen LogP) is -1.40. The second-order valence-corrected chi connectivity index (χ2v) is 3.87. The minimum absolute atomic E-state index is 0. The summed E-state index contributed by atoms with van der Waals surface area (Å²) in [6.07, 6.45) is 0. The number of rotatable bonds is 2. The van der Waals surface area contributed by atoms with Crippen molar-refractivity contribution in [2.75, 3.05) is 28.3 Å². The monoisotopic (exact) mass is 261 g/mol. The molecule has 80 valence electrons. The lowest BCUT2D eigenvalue weighted by Crippen LogP contribution is -3.00. The van der Waals surface area contributed by atoms with Crippen LogP contribution in [0.25, 0.3) is 0 Å². The van der Waals surface area contributed by atoms with Gasteiger partial charge in [-0.3, -0.25) is 4.48 Å². The predicted molar refractivity (Wildman–Crippen MR) is 54.2 cm³/mol. The van der Waals surface area contributed by atoms with Crippen molar-refractivity contribution in [3.63, 3.8) is 0 Å². The van der Waals surface area contributed by atoms with E-state index in [2.05, 4.69) is 0 Å². The fraction of sp³-hybridized carbons (Fsp3) is 0.400. The minimum Gasteiger partial charge on any atom is -1.00 e. The van der Waals surface area contributed by atoms with E-state index in [4.69, 9.17) is 4.74 Å². The molecule has 0 fully saturated rings. The van der Waals surface area contributed by atoms with Gasteiger partial charge in [-0.05, 0) is 6.07 Å². The van der Waals surface area contributed by atoms with Crippen molar-refractivity contribution in [2.45, 2.75) is 0 Å². The van der Waals surface area contributed by atoms with Crippen molar-refractivity contribution in [1.82, 2.24) is 4.48 Å². The van der Waals surface area contributed by atoms with Gasteiger partial charge >= 0.3 is 0 Å². The number of hydrogen-bond donors (Lipinski definition) is 1. The zero-order valence-corrected chi connectivity index (χ0v) is 10.5. The van der Waals surface area contributed by atoms with Crippen molar-refractivity contribution < 1.29 is 26.8 Å². The van der Waals surface area contributed by atoms with Crippen LogP contribution in [0.3, 0.4) is 0 Å². The van der Waals surface area contributed by atoms with Crippen LogP contribution in [0, 0.1) is 0 Å². The fourth-order valence-corrected chi connectivity index (χ4v) is 1.10. The van der Waals surface area contributed by atoms with Gasteiger partial charge in [0.1, 0.15) is 5.69 Å². The standard InChI is InChI=1S/C10H15NO2.BrH/c1-11(2,3)8-5-6-10(13-4)9(12)7-8;/h5-7H,1-4H3;1H. The van der Waals surface area contributed by atoms with Gasteiger partial charge in [0, 0.05) is 12.1 Å². The number of phenols is 1. The Morgan fingerprint density at radius 2 is 1.79 bits per heavy atom. The smallest absolute Gasteiger partial charge is 0.163 e. The third kappa shape index (κ3) is 2.89. The summed E-state index contributed by atoms with van der Waals surface area (Å²) in [4.78, 5) is 0. The van der Waals surface area contributed by atoms with Crippen molar-refractivity contribution in [3.8, 4) is 11.5 Å². The van der Waals surface area contributed by atoms with Gasteiger partial charge < -0.3 is 26.8 Å². The average Bonchev–Trinajstić information content (AvgIpc) is 2.02. The van der Waals surface area contributed by atoms with Gasteiger partial charge in [0.05, 0.1) is 28.3 Å². The van der Waals surface area contributed by atoms with E-state index in [1.165, 1.54) is 0 Å². The van der Waals surface area contributed by atoms with Gasteiger partial charge in [-0.15, -0.1) is 0 Å². The summed E-state index contributed by atoms with van der Waals surface area (Å²) in [7, 11) is 7.67. The van der Waals surface area contributed by atoms with Crippen LogP contribution >= 0.6 is 0 Å². The minimum atomic E-state index is 0. The van der Waals surface area contributed by atoms with Crippen LogP contribution in [0.1, 0.15) is 0 Å². The van der Waals surface area contributed by atoms with E-state index in [-0.39, 0.29) is 22.7 Å². The highest BCUT2D eigenvalue weighted by atomic mass is 79.9. The van der Waals surface area contributed by atoms with Gasteiger partial charge in [-0.25, -0.2) is 0 Å². The number of aromatic hydroxyl groups is 1. The summed E-state index contributed by atoms with van der Waals surface area (Å²) in [5.74, 6) is 0.699. The maximum atomic E-state index is 9.52. The number of hydrogen-bond acceptors (Lipinski definition) is 2. The lowest BCUT2D eigenvalue weighted by Gasteiger charge is -2.23. The van der Waals surface area contributed by atoms with E-state index in [1.54, 1.807) is 19.2 Å². The summed E-state index contributed by atoms with van der Waals surface area (Å²) in [5.41, 5.74) is 1.04. The summed E-state index contributed by atoms with van der Waals surface area (Å²) in [6.45, 7) is 0. The molecule has 0 spiro atoms. The largest absolute Gasteiger partial charge is 1.00 e. The Labute approximate surface area is 95.3 Å². The summed E-state index contributed by atoms with van der Waals surface area (Å²) in [5, 5.41) is 9.52. The first-order valence-electron chi connectivity index (χ1n) is 4.14. The highest BCUT2D eigenvalue weighted by molar-refractivity contribution is 5.52. The molecule has 0 bridgehead atoms. The zero-order chi connectivity index (χ0) is 10.1. The van der Waals surface area contributed by atoms with E-state index in [0.29, 0.717) is 10.2 Å². The topological polar surface area (TPSA) is 29.5 Å². The maximum Gasteiger partial charge on any atom is 0.163 e. The van der Waals surface area contributed by atoms with Crippen LogP contribution in [0.15, 0.2) is 18.2 Å². The molecule has 3 nitrogen and oxygen atoms in total. The number of ether oxygens (including phenoxy) is 1. The Balaban J connectivity index is 0.00000169. The first-order chi connectivity index (χ1) is 5.95. The van der Waals surface area contributed by atoms with Gasteiger partial charge in [-0.1, -0.05) is 0 Å². The fourth-order valence-electron chi connectivity index (χ4n) is 1.10. The quantitative estimate of drug-likeness (QED) is 0.664. The molecule has 1 aromatic rings. The second-order valence-electron chi connectivity index (χ2n) is 3.87. The van der Waals surface area contributed by atoms with Crippen LogP contribution in [0.2, 0.25) is 0 Å². The Bertz CT molecular complexity index is 307.